The topological polar surface area (TPSA) is 86.3 Å². The molecule has 3 aromatic rings. The van der Waals surface area contributed by atoms with Crippen molar-refractivity contribution in [2.24, 2.45) is 0 Å². The van der Waals surface area contributed by atoms with Crippen LogP contribution in [0, 0.1) is 13.8 Å². The predicted octanol–water partition coefficient (Wildman–Crippen LogP) is 4.14. The van der Waals surface area contributed by atoms with Crippen molar-refractivity contribution in [2.45, 2.75) is 37.3 Å². The molecule has 0 saturated carbocycles. The largest absolute Gasteiger partial charge is 0.496 e. The summed E-state index contributed by atoms with van der Waals surface area (Å²) in [6.45, 7) is 3.63. The van der Waals surface area contributed by atoms with Crippen molar-refractivity contribution >= 4 is 21.8 Å². The molecule has 0 aliphatic heterocycles. The molecule has 1 N–H and O–H groups in total. The Balaban J connectivity index is 1.93. The maximum Gasteiger partial charge on any atom is 0.461 e. The second kappa shape index (κ2) is 8.69. The zero-order chi connectivity index (χ0) is 22.9. The van der Waals surface area contributed by atoms with E-state index in [0.29, 0.717) is 11.4 Å². The van der Waals surface area contributed by atoms with Crippen LogP contribution in [0.25, 0.3) is 11.0 Å². The highest BCUT2D eigenvalue weighted by atomic mass is 32.2. The van der Waals surface area contributed by atoms with E-state index in [-0.39, 0.29) is 27.7 Å². The minimum absolute atomic E-state index is 0.0201. The van der Waals surface area contributed by atoms with Crippen LogP contribution < -0.4 is 14.2 Å². The molecule has 0 amide bonds. The van der Waals surface area contributed by atoms with E-state index in [1.54, 1.807) is 13.1 Å². The number of benzene rings is 1. The molecule has 0 aliphatic rings. The normalized spacial score (nSPS) is 12.9. The summed E-state index contributed by atoms with van der Waals surface area (Å²) in [5, 5.41) is 0.0514. The molecule has 1 aromatic carbocycles. The molecule has 7 nitrogen and oxygen atoms in total. The Labute approximate surface area is 177 Å². The van der Waals surface area contributed by atoms with E-state index in [9.17, 15) is 21.8 Å². The third-order valence-corrected chi connectivity index (χ3v) is 5.64. The number of imidazole rings is 1. The van der Waals surface area contributed by atoms with Gasteiger partial charge in [0.2, 0.25) is 0 Å². The lowest BCUT2D eigenvalue weighted by atomic mass is 10.1. The van der Waals surface area contributed by atoms with Crippen LogP contribution in [-0.2, 0) is 16.6 Å². The second-order valence-electron chi connectivity index (χ2n) is 6.56. The number of aryl methyl sites for hydroxylation is 1. The number of nitrogens with zero attached hydrogens (tertiary/aromatic N) is 2. The molecule has 0 spiro atoms. The molecule has 0 radical (unpaired) electrons. The Kier molecular flexibility index (Phi) is 6.39. The van der Waals surface area contributed by atoms with E-state index in [4.69, 9.17) is 9.47 Å². The number of alkyl halides is 4. The first-order valence-electron chi connectivity index (χ1n) is 8.87. The van der Waals surface area contributed by atoms with Gasteiger partial charge in [0.05, 0.1) is 47.5 Å². The molecule has 12 heteroatoms. The number of halogens is 4. The Morgan fingerprint density at radius 1 is 1.16 bits per heavy atom. The smallest absolute Gasteiger partial charge is 0.461 e. The van der Waals surface area contributed by atoms with E-state index in [0.717, 1.165) is 17.2 Å². The van der Waals surface area contributed by atoms with Crippen molar-refractivity contribution in [3.8, 4) is 17.2 Å². The quantitative estimate of drug-likeness (QED) is 0.508. The fourth-order valence-corrected chi connectivity index (χ4v) is 4.04. The average Bonchev–Trinajstić information content (AvgIpc) is 3.12. The van der Waals surface area contributed by atoms with Gasteiger partial charge in [0, 0.05) is 29.5 Å². The minimum Gasteiger partial charge on any atom is -0.496 e. The van der Waals surface area contributed by atoms with Gasteiger partial charge in [-0.05, 0) is 13.8 Å². The molecule has 0 saturated heterocycles. The highest BCUT2D eigenvalue weighted by molar-refractivity contribution is 7.84. The van der Waals surface area contributed by atoms with E-state index >= 15 is 0 Å². The van der Waals surface area contributed by atoms with Crippen LogP contribution in [0.2, 0.25) is 0 Å². The molecule has 168 valence electrons. The average molecular weight is 461 g/mol. The summed E-state index contributed by atoms with van der Waals surface area (Å²) in [6.07, 6.45) is -7.13. The maximum absolute atomic E-state index is 13.3. The summed E-state index contributed by atoms with van der Waals surface area (Å²) >= 11 is 0. The summed E-state index contributed by atoms with van der Waals surface area (Å²) in [7, 11) is 1.02. The Morgan fingerprint density at radius 3 is 2.48 bits per heavy atom. The molecule has 0 fully saturated rings. The lowest BCUT2D eigenvalue weighted by Gasteiger charge is -2.18. The van der Waals surface area contributed by atoms with Gasteiger partial charge in [0.1, 0.15) is 5.75 Å². The zero-order valence-electron chi connectivity index (χ0n) is 17.0. The van der Waals surface area contributed by atoms with Gasteiger partial charge in [-0.2, -0.15) is 17.6 Å². The zero-order valence-corrected chi connectivity index (χ0v) is 17.8. The number of pyridine rings is 1. The second-order valence-corrected chi connectivity index (χ2v) is 7.93. The first-order valence-corrected chi connectivity index (χ1v) is 10.2. The third-order valence-electron chi connectivity index (χ3n) is 4.48. The SMILES string of the molecule is COc1cc2nc(S(=O)Cc3ncc(C)c(OC)c3C)[nH]c2cc1OC(F)(F)C(F)F. The highest BCUT2D eigenvalue weighted by Gasteiger charge is 2.44. The van der Waals surface area contributed by atoms with Crippen LogP contribution in [0.5, 0.6) is 17.2 Å². The summed E-state index contributed by atoms with van der Waals surface area (Å²) in [5.41, 5.74) is 2.51. The number of methoxy groups -OCH3 is 2. The monoisotopic (exact) mass is 461 g/mol. The summed E-state index contributed by atoms with van der Waals surface area (Å²) < 4.78 is 78.9. The number of hydrogen-bond acceptors (Lipinski definition) is 6. The van der Waals surface area contributed by atoms with Crippen molar-refractivity contribution < 1.29 is 36.0 Å². The van der Waals surface area contributed by atoms with Gasteiger partial charge in [0.25, 0.3) is 0 Å². The number of rotatable bonds is 8. The summed E-state index contributed by atoms with van der Waals surface area (Å²) in [4.78, 5) is 11.2. The standard InChI is InChI=1S/C19H19F4N3O4S/c1-9-7-24-13(10(2)16(9)29-4)8-31(27)18-25-11-5-14(28-3)15(6-12(11)26-18)30-19(22,23)17(20)21/h5-7,17H,8H2,1-4H3,(H,25,26). The predicted molar refractivity (Wildman–Crippen MR) is 105 cm³/mol. The van der Waals surface area contributed by atoms with Crippen LogP contribution in [0.3, 0.4) is 0 Å². The molecular weight excluding hydrogens is 442 g/mol. The summed E-state index contributed by atoms with van der Waals surface area (Å²) in [5.74, 6) is -0.177. The van der Waals surface area contributed by atoms with E-state index in [1.807, 2.05) is 6.92 Å². The highest BCUT2D eigenvalue weighted by Crippen LogP contribution is 2.37. The molecule has 0 aliphatic carbocycles. The van der Waals surface area contributed by atoms with Gasteiger partial charge in [-0.1, -0.05) is 0 Å². The third kappa shape index (κ3) is 4.58. The van der Waals surface area contributed by atoms with Crippen LogP contribution >= 0.6 is 0 Å². The molecule has 31 heavy (non-hydrogen) atoms. The van der Waals surface area contributed by atoms with Crippen molar-refractivity contribution in [1.29, 1.82) is 0 Å². The van der Waals surface area contributed by atoms with E-state index in [2.05, 4.69) is 19.7 Å². The van der Waals surface area contributed by atoms with Gasteiger partial charge < -0.3 is 19.2 Å². The maximum atomic E-state index is 13.3. The van der Waals surface area contributed by atoms with Crippen molar-refractivity contribution in [1.82, 2.24) is 15.0 Å². The van der Waals surface area contributed by atoms with Gasteiger partial charge in [-0.25, -0.2) is 4.98 Å². The minimum atomic E-state index is -4.71. The number of fused-ring (bicyclic) bond motifs is 1. The summed E-state index contributed by atoms with van der Waals surface area (Å²) in [6, 6.07) is 2.26. The fourth-order valence-electron chi connectivity index (χ4n) is 2.94. The van der Waals surface area contributed by atoms with Gasteiger partial charge in [-0.3, -0.25) is 9.19 Å². The molecule has 1 atom stereocenters. The van der Waals surface area contributed by atoms with E-state index in [1.165, 1.54) is 20.3 Å². The van der Waals surface area contributed by atoms with Crippen LogP contribution in [0.4, 0.5) is 17.6 Å². The lowest BCUT2D eigenvalue weighted by Crippen LogP contribution is -2.33. The van der Waals surface area contributed by atoms with Crippen LogP contribution in [0.15, 0.2) is 23.5 Å². The molecule has 2 aromatic heterocycles. The number of ether oxygens (including phenoxy) is 3. The lowest BCUT2D eigenvalue weighted by molar-refractivity contribution is -0.253. The van der Waals surface area contributed by atoms with Crippen molar-refractivity contribution in [3.05, 3.63) is 35.2 Å². The molecule has 1 unspecified atom stereocenters. The number of nitrogens with one attached hydrogen (secondary N) is 1. The first kappa shape index (κ1) is 22.8. The number of aromatic amines is 1. The van der Waals surface area contributed by atoms with Gasteiger partial charge >= 0.3 is 12.5 Å². The molecule has 0 bridgehead atoms. The van der Waals surface area contributed by atoms with Crippen molar-refractivity contribution in [3.63, 3.8) is 0 Å². The molecule has 3 rings (SSSR count). The number of H-pyrrole nitrogens is 1. The van der Waals surface area contributed by atoms with E-state index < -0.39 is 29.1 Å². The Bertz CT molecular complexity index is 1140. The first-order chi connectivity index (χ1) is 14.6. The number of hydrogen-bond donors (Lipinski definition) is 1. The van der Waals surface area contributed by atoms with Crippen molar-refractivity contribution in [2.75, 3.05) is 14.2 Å². The fraction of sp³-hybridized carbons (Fsp3) is 0.368. The Morgan fingerprint density at radius 2 is 1.87 bits per heavy atom. The van der Waals surface area contributed by atoms with Gasteiger partial charge in [0.15, 0.2) is 16.7 Å². The van der Waals surface area contributed by atoms with Crippen LogP contribution in [-0.4, -0.2) is 45.9 Å². The molecular formula is C19H19F4N3O4S. The van der Waals surface area contributed by atoms with Gasteiger partial charge in [-0.15, -0.1) is 0 Å². The Hall–Kier alpha value is -2.89. The van der Waals surface area contributed by atoms with Crippen LogP contribution in [0.1, 0.15) is 16.8 Å². The molecule has 2 heterocycles. The number of aromatic nitrogens is 3.